The van der Waals surface area contributed by atoms with E-state index in [1.165, 1.54) is 0 Å². The van der Waals surface area contributed by atoms with E-state index in [-0.39, 0.29) is 24.6 Å². The van der Waals surface area contributed by atoms with Crippen LogP contribution in [-0.2, 0) is 16.1 Å². The van der Waals surface area contributed by atoms with Gasteiger partial charge in [0.15, 0.2) is 5.96 Å². The molecule has 0 bridgehead atoms. The van der Waals surface area contributed by atoms with E-state index in [0.717, 1.165) is 37.5 Å². The molecule has 2 aliphatic rings. The molecule has 3 rings (SSSR count). The van der Waals surface area contributed by atoms with Crippen LogP contribution >= 0.6 is 0 Å². The molecule has 2 fully saturated rings. The summed E-state index contributed by atoms with van der Waals surface area (Å²) in [6.07, 6.45) is 1.67. The fraction of sp³-hybridized carbons (Fsp3) is 0.625. The number of aliphatic imine (C=N–C) groups is 1. The number of likely N-dealkylation sites (tertiary alicyclic amines) is 1. The predicted octanol–water partition coefficient (Wildman–Crippen LogP) is 2.46. The Balaban J connectivity index is 1.66. The van der Waals surface area contributed by atoms with Crippen LogP contribution in [0.2, 0.25) is 0 Å². The molecule has 1 aliphatic carbocycles. The average Bonchev–Trinajstić information content (AvgIpc) is 3.29. The van der Waals surface area contributed by atoms with Crippen LogP contribution < -0.4 is 10.6 Å². The van der Waals surface area contributed by atoms with Crippen molar-refractivity contribution < 1.29 is 14.3 Å². The molecular formula is C24H37N5O3. The van der Waals surface area contributed by atoms with Gasteiger partial charge in [-0.25, -0.2) is 9.79 Å². The topological polar surface area (TPSA) is 86.3 Å². The van der Waals surface area contributed by atoms with Crippen LogP contribution in [0, 0.1) is 11.8 Å². The Bertz CT molecular complexity index is 819. The summed E-state index contributed by atoms with van der Waals surface area (Å²) in [7, 11) is 3.50. The molecule has 0 radical (unpaired) electrons. The van der Waals surface area contributed by atoms with Crippen molar-refractivity contribution in [3.8, 4) is 0 Å². The van der Waals surface area contributed by atoms with Gasteiger partial charge in [0.05, 0.1) is 13.1 Å². The third kappa shape index (κ3) is 6.61. The number of nitrogens with one attached hydrogen (secondary N) is 2. The summed E-state index contributed by atoms with van der Waals surface area (Å²) in [6, 6.07) is 10.2. The highest BCUT2D eigenvalue weighted by Crippen LogP contribution is 2.38. The molecular weight excluding hydrogens is 406 g/mol. The van der Waals surface area contributed by atoms with Gasteiger partial charge in [-0.05, 0) is 45.1 Å². The molecule has 8 nitrogen and oxygen atoms in total. The quantitative estimate of drug-likeness (QED) is 0.539. The summed E-state index contributed by atoms with van der Waals surface area (Å²) >= 11 is 0. The molecule has 2 amide bonds. The molecule has 1 saturated carbocycles. The number of carbonyl (C=O) groups is 2. The summed E-state index contributed by atoms with van der Waals surface area (Å²) in [5, 5.41) is 6.34. The number of amides is 2. The maximum absolute atomic E-state index is 12.3. The number of alkyl carbamates (subject to hydrolysis) is 1. The lowest BCUT2D eigenvalue weighted by atomic mass is 9.98. The first-order chi connectivity index (χ1) is 15.1. The Kier molecular flexibility index (Phi) is 7.64. The van der Waals surface area contributed by atoms with Gasteiger partial charge in [-0.2, -0.15) is 0 Å². The van der Waals surface area contributed by atoms with Gasteiger partial charge in [0.1, 0.15) is 5.60 Å². The fourth-order valence-corrected chi connectivity index (χ4v) is 4.41. The SMILES string of the molecule is CN(C)C(=O)CNC(=NCc1ccccc1)N1CC2CCC(NC(=O)OC(C)(C)C)C2C1. The standard InChI is InChI=1S/C24H37N5O3/c1-24(2,3)32-23(31)27-20-12-11-18-15-29(16-19(18)20)22(26-14-21(30)28(4)5)25-13-17-9-7-6-8-10-17/h6-10,18-20H,11-16H2,1-5H3,(H,25,26)(H,27,31). The smallest absolute Gasteiger partial charge is 0.407 e. The number of carbonyl (C=O) groups excluding carboxylic acids is 2. The minimum atomic E-state index is -0.510. The van der Waals surface area contributed by atoms with E-state index < -0.39 is 5.60 Å². The van der Waals surface area contributed by atoms with Crippen LogP contribution in [0.3, 0.4) is 0 Å². The van der Waals surface area contributed by atoms with Gasteiger partial charge in [0.2, 0.25) is 5.91 Å². The highest BCUT2D eigenvalue weighted by Gasteiger charge is 2.44. The molecule has 1 heterocycles. The summed E-state index contributed by atoms with van der Waals surface area (Å²) in [4.78, 5) is 33.1. The zero-order valence-electron chi connectivity index (χ0n) is 19.9. The van der Waals surface area contributed by atoms with Crippen LogP contribution in [0.4, 0.5) is 4.79 Å². The number of nitrogens with zero attached hydrogens (tertiary/aromatic N) is 3. The van der Waals surface area contributed by atoms with Gasteiger partial charge in [-0.3, -0.25) is 4.79 Å². The minimum Gasteiger partial charge on any atom is -0.444 e. The fourth-order valence-electron chi connectivity index (χ4n) is 4.41. The van der Waals surface area contributed by atoms with Crippen molar-refractivity contribution in [2.24, 2.45) is 16.8 Å². The number of rotatable bonds is 5. The monoisotopic (exact) mass is 443 g/mol. The molecule has 1 aromatic rings. The molecule has 0 spiro atoms. The van der Waals surface area contributed by atoms with E-state index >= 15 is 0 Å². The van der Waals surface area contributed by atoms with Crippen molar-refractivity contribution in [3.05, 3.63) is 35.9 Å². The summed E-state index contributed by atoms with van der Waals surface area (Å²) in [5.41, 5.74) is 0.610. The van der Waals surface area contributed by atoms with Crippen molar-refractivity contribution in [2.75, 3.05) is 33.7 Å². The lowest BCUT2D eigenvalue weighted by Crippen LogP contribution is -2.46. The number of benzene rings is 1. The largest absolute Gasteiger partial charge is 0.444 e. The van der Waals surface area contributed by atoms with Crippen LogP contribution in [0.1, 0.15) is 39.2 Å². The van der Waals surface area contributed by atoms with E-state index in [1.807, 2.05) is 51.1 Å². The van der Waals surface area contributed by atoms with Crippen LogP contribution in [0.5, 0.6) is 0 Å². The second kappa shape index (κ2) is 10.2. The maximum atomic E-state index is 12.3. The van der Waals surface area contributed by atoms with E-state index in [0.29, 0.717) is 18.4 Å². The molecule has 32 heavy (non-hydrogen) atoms. The van der Waals surface area contributed by atoms with Gasteiger partial charge in [-0.1, -0.05) is 30.3 Å². The number of guanidine groups is 1. The minimum absolute atomic E-state index is 0.00118. The van der Waals surface area contributed by atoms with Crippen LogP contribution in [0.25, 0.3) is 0 Å². The summed E-state index contributed by atoms with van der Waals surface area (Å²) < 4.78 is 5.46. The first-order valence-corrected chi connectivity index (χ1v) is 11.4. The highest BCUT2D eigenvalue weighted by molar-refractivity contribution is 5.86. The first kappa shape index (κ1) is 23.9. The second-order valence-corrected chi connectivity index (χ2v) is 9.93. The molecule has 1 aliphatic heterocycles. The van der Waals surface area contributed by atoms with Crippen molar-refractivity contribution in [1.29, 1.82) is 0 Å². The molecule has 3 atom stereocenters. The third-order valence-electron chi connectivity index (χ3n) is 6.01. The molecule has 3 unspecified atom stereocenters. The molecule has 2 N–H and O–H groups in total. The maximum Gasteiger partial charge on any atom is 0.407 e. The highest BCUT2D eigenvalue weighted by atomic mass is 16.6. The van der Waals surface area contributed by atoms with Crippen LogP contribution in [0.15, 0.2) is 35.3 Å². The second-order valence-electron chi connectivity index (χ2n) is 9.93. The van der Waals surface area contributed by atoms with E-state index in [2.05, 4.69) is 15.5 Å². The Morgan fingerprint density at radius 1 is 1.16 bits per heavy atom. The number of fused-ring (bicyclic) bond motifs is 1. The van der Waals surface area contributed by atoms with Crippen molar-refractivity contribution in [3.63, 3.8) is 0 Å². The predicted molar refractivity (Wildman–Crippen MR) is 125 cm³/mol. The van der Waals surface area contributed by atoms with E-state index in [1.54, 1.807) is 19.0 Å². The Morgan fingerprint density at radius 3 is 2.53 bits per heavy atom. The van der Waals surface area contributed by atoms with Crippen molar-refractivity contribution in [1.82, 2.24) is 20.4 Å². The number of hydrogen-bond acceptors (Lipinski definition) is 4. The summed E-state index contributed by atoms with van der Waals surface area (Å²) in [5.74, 6) is 1.58. The van der Waals surface area contributed by atoms with Crippen molar-refractivity contribution in [2.45, 2.75) is 51.8 Å². The normalized spacial score (nSPS) is 23.0. The van der Waals surface area contributed by atoms with Gasteiger partial charge in [-0.15, -0.1) is 0 Å². The van der Waals surface area contributed by atoms with Crippen molar-refractivity contribution >= 4 is 18.0 Å². The van der Waals surface area contributed by atoms with Gasteiger partial charge >= 0.3 is 6.09 Å². The Morgan fingerprint density at radius 2 is 1.88 bits per heavy atom. The van der Waals surface area contributed by atoms with Gasteiger partial charge in [0, 0.05) is 39.1 Å². The lowest BCUT2D eigenvalue weighted by molar-refractivity contribution is -0.127. The molecule has 176 valence electrons. The Labute approximate surface area is 191 Å². The van der Waals surface area contributed by atoms with Gasteiger partial charge in [0.25, 0.3) is 0 Å². The molecule has 8 heteroatoms. The third-order valence-corrected chi connectivity index (χ3v) is 6.01. The number of likely N-dealkylation sites (N-methyl/N-ethyl adjacent to an activating group) is 1. The number of ether oxygens (including phenoxy) is 1. The number of hydrogen-bond donors (Lipinski definition) is 2. The Hall–Kier alpha value is -2.77. The summed E-state index contributed by atoms with van der Waals surface area (Å²) in [6.45, 7) is 8.03. The van der Waals surface area contributed by atoms with E-state index in [9.17, 15) is 9.59 Å². The molecule has 1 aromatic carbocycles. The zero-order chi connectivity index (χ0) is 23.3. The lowest BCUT2D eigenvalue weighted by Gasteiger charge is -2.26. The zero-order valence-corrected chi connectivity index (χ0v) is 19.9. The molecule has 1 saturated heterocycles. The van der Waals surface area contributed by atoms with E-state index in [4.69, 9.17) is 9.73 Å². The van der Waals surface area contributed by atoms with Gasteiger partial charge < -0.3 is 25.2 Å². The average molecular weight is 444 g/mol. The first-order valence-electron chi connectivity index (χ1n) is 11.4. The molecule has 0 aromatic heterocycles. The van der Waals surface area contributed by atoms with Crippen LogP contribution in [-0.4, -0.2) is 73.1 Å².